The van der Waals surface area contributed by atoms with Crippen LogP contribution in [0, 0.1) is 0 Å². The first-order valence-electron chi connectivity index (χ1n) is 5.33. The summed E-state index contributed by atoms with van der Waals surface area (Å²) in [6, 6.07) is 0. The molecular weight excluding hydrogens is 158 g/mol. The van der Waals surface area contributed by atoms with Gasteiger partial charge in [0.25, 0.3) is 0 Å². The lowest BCUT2D eigenvalue weighted by molar-refractivity contribution is 0.678. The van der Waals surface area contributed by atoms with E-state index in [4.69, 9.17) is 0 Å². The normalized spacial score (nSPS) is 10.9. The Labute approximate surface area is 82.9 Å². The van der Waals surface area contributed by atoms with Crippen LogP contribution in [0.5, 0.6) is 0 Å². The third kappa shape index (κ3) is 9.35. The predicted molar refractivity (Wildman–Crippen MR) is 61.0 cm³/mol. The zero-order valence-corrected chi connectivity index (χ0v) is 9.10. The molecule has 0 amide bonds. The molecule has 0 fully saturated rings. The zero-order valence-electron chi connectivity index (χ0n) is 9.10. The molecule has 0 aromatic heterocycles. The van der Waals surface area contributed by atoms with Gasteiger partial charge in [0, 0.05) is 0 Å². The van der Waals surface area contributed by atoms with Gasteiger partial charge in [0.15, 0.2) is 0 Å². The van der Waals surface area contributed by atoms with Crippen molar-refractivity contribution in [3.05, 3.63) is 24.3 Å². The zero-order chi connectivity index (χ0) is 9.94. The summed E-state index contributed by atoms with van der Waals surface area (Å²) in [7, 11) is 0. The van der Waals surface area contributed by atoms with Gasteiger partial charge in [-0.2, -0.15) is 0 Å². The van der Waals surface area contributed by atoms with E-state index in [-0.39, 0.29) is 0 Å². The van der Waals surface area contributed by atoms with Crippen molar-refractivity contribution >= 4 is 0 Å². The smallest absolute Gasteiger partial charge is 0.00143 e. The third-order valence-corrected chi connectivity index (χ3v) is 1.99. The molecule has 0 unspecified atom stereocenters. The molecule has 76 valence electrons. The van der Waals surface area contributed by atoms with Crippen LogP contribution in [0.3, 0.4) is 0 Å². The Morgan fingerprint density at radius 2 is 2.00 bits per heavy atom. The van der Waals surface area contributed by atoms with Gasteiger partial charge >= 0.3 is 0 Å². The molecule has 0 aromatic rings. The number of allylic oxidation sites excluding steroid dienone is 2. The molecule has 0 radical (unpaired) electrons. The number of rotatable bonds is 8. The van der Waals surface area contributed by atoms with E-state index in [0.29, 0.717) is 0 Å². The van der Waals surface area contributed by atoms with Crippen molar-refractivity contribution in [3.63, 3.8) is 0 Å². The Bertz CT molecular complexity index is 147. The van der Waals surface area contributed by atoms with E-state index in [0.717, 1.165) is 32.4 Å². The number of nitrogens with one attached hydrogen (secondary N) is 1. The van der Waals surface area contributed by atoms with Crippen molar-refractivity contribution in [2.75, 3.05) is 13.1 Å². The highest BCUT2D eigenvalue weighted by Gasteiger charge is 1.85. The fourth-order valence-electron chi connectivity index (χ4n) is 0.999. The van der Waals surface area contributed by atoms with Crippen molar-refractivity contribution in [1.29, 1.82) is 0 Å². The minimum Gasteiger partial charge on any atom is -0.316 e. The molecule has 0 heterocycles. The molecule has 13 heavy (non-hydrogen) atoms. The van der Waals surface area contributed by atoms with Gasteiger partial charge in [0.2, 0.25) is 0 Å². The predicted octanol–water partition coefficient (Wildman–Crippen LogP) is 3.29. The Kier molecular flexibility index (Phi) is 9.12. The van der Waals surface area contributed by atoms with Crippen molar-refractivity contribution in [3.8, 4) is 0 Å². The molecule has 1 N–H and O–H groups in total. The lowest BCUT2D eigenvalue weighted by Gasteiger charge is -1.98. The van der Waals surface area contributed by atoms with Gasteiger partial charge in [-0.1, -0.05) is 38.2 Å². The molecular formula is C12H23N. The van der Waals surface area contributed by atoms with E-state index in [2.05, 4.69) is 37.9 Å². The standard InChI is InChI=1S/C12H23N/c1-4-10-13-11-8-6-7-9-12(3)5-2/h6-7,13H,3-5,8-11H2,1-2H3. The Balaban J connectivity index is 3.17. The van der Waals surface area contributed by atoms with Crippen LogP contribution in [0.4, 0.5) is 0 Å². The molecule has 0 spiro atoms. The second-order valence-electron chi connectivity index (χ2n) is 3.32. The minimum absolute atomic E-state index is 1.05. The van der Waals surface area contributed by atoms with Crippen LogP contribution in [-0.4, -0.2) is 13.1 Å². The average Bonchev–Trinajstić information content (AvgIpc) is 2.16. The maximum atomic E-state index is 3.95. The van der Waals surface area contributed by atoms with E-state index < -0.39 is 0 Å². The lowest BCUT2D eigenvalue weighted by Crippen LogP contribution is -2.14. The summed E-state index contributed by atoms with van der Waals surface area (Å²) in [6.07, 6.45) is 8.96. The van der Waals surface area contributed by atoms with E-state index in [1.807, 2.05) is 0 Å². The molecule has 0 aliphatic rings. The summed E-state index contributed by atoms with van der Waals surface area (Å²) in [4.78, 5) is 0. The van der Waals surface area contributed by atoms with Gasteiger partial charge in [-0.3, -0.25) is 0 Å². The largest absolute Gasteiger partial charge is 0.316 e. The van der Waals surface area contributed by atoms with E-state index in [1.54, 1.807) is 0 Å². The summed E-state index contributed by atoms with van der Waals surface area (Å²) >= 11 is 0. The highest BCUT2D eigenvalue weighted by atomic mass is 14.8. The first-order valence-corrected chi connectivity index (χ1v) is 5.33. The topological polar surface area (TPSA) is 12.0 Å². The van der Waals surface area contributed by atoms with Crippen LogP contribution in [0.2, 0.25) is 0 Å². The minimum atomic E-state index is 1.05. The van der Waals surface area contributed by atoms with Gasteiger partial charge in [-0.05, 0) is 38.8 Å². The Morgan fingerprint density at radius 3 is 2.62 bits per heavy atom. The van der Waals surface area contributed by atoms with Crippen molar-refractivity contribution in [2.24, 2.45) is 0 Å². The molecule has 0 aliphatic heterocycles. The lowest BCUT2D eigenvalue weighted by atomic mass is 10.1. The molecule has 0 aromatic carbocycles. The van der Waals surface area contributed by atoms with Crippen molar-refractivity contribution in [1.82, 2.24) is 5.32 Å². The average molecular weight is 181 g/mol. The summed E-state index contributed by atoms with van der Waals surface area (Å²) in [5.74, 6) is 0. The summed E-state index contributed by atoms with van der Waals surface area (Å²) in [6.45, 7) is 10.5. The fraction of sp³-hybridized carbons (Fsp3) is 0.667. The summed E-state index contributed by atoms with van der Waals surface area (Å²) < 4.78 is 0. The van der Waals surface area contributed by atoms with Gasteiger partial charge in [-0.25, -0.2) is 0 Å². The second kappa shape index (κ2) is 9.53. The molecule has 1 heteroatoms. The molecule has 1 nitrogen and oxygen atoms in total. The molecule has 0 atom stereocenters. The second-order valence-corrected chi connectivity index (χ2v) is 3.32. The van der Waals surface area contributed by atoms with Gasteiger partial charge in [-0.15, -0.1) is 0 Å². The summed E-state index contributed by atoms with van der Waals surface area (Å²) in [5, 5.41) is 3.36. The number of hydrogen-bond donors (Lipinski definition) is 1. The van der Waals surface area contributed by atoms with Gasteiger partial charge in [0.1, 0.15) is 0 Å². The molecule has 0 aliphatic carbocycles. The van der Waals surface area contributed by atoms with Crippen LogP contribution in [0.1, 0.15) is 39.5 Å². The van der Waals surface area contributed by atoms with Crippen LogP contribution in [0.15, 0.2) is 24.3 Å². The summed E-state index contributed by atoms with van der Waals surface area (Å²) in [5.41, 5.74) is 1.32. The SMILES string of the molecule is C=C(CC)CC=CCCNCCC. The van der Waals surface area contributed by atoms with Crippen molar-refractivity contribution < 1.29 is 0 Å². The highest BCUT2D eigenvalue weighted by Crippen LogP contribution is 2.03. The first-order chi connectivity index (χ1) is 6.31. The molecule has 0 saturated carbocycles. The van der Waals surface area contributed by atoms with E-state index >= 15 is 0 Å². The first kappa shape index (κ1) is 12.4. The number of hydrogen-bond acceptors (Lipinski definition) is 1. The Morgan fingerprint density at radius 1 is 1.23 bits per heavy atom. The van der Waals surface area contributed by atoms with Crippen molar-refractivity contribution in [2.45, 2.75) is 39.5 Å². The molecule has 0 bridgehead atoms. The van der Waals surface area contributed by atoms with Crippen LogP contribution < -0.4 is 5.32 Å². The maximum Gasteiger partial charge on any atom is -0.00143 e. The molecule has 0 rings (SSSR count). The van der Waals surface area contributed by atoms with Gasteiger partial charge < -0.3 is 5.32 Å². The quantitative estimate of drug-likeness (QED) is 0.447. The highest BCUT2D eigenvalue weighted by molar-refractivity contribution is 5.01. The molecule has 0 saturated heterocycles. The maximum absolute atomic E-state index is 3.95. The van der Waals surface area contributed by atoms with Crippen LogP contribution in [0.25, 0.3) is 0 Å². The van der Waals surface area contributed by atoms with E-state index in [1.165, 1.54) is 12.0 Å². The van der Waals surface area contributed by atoms with Crippen LogP contribution in [-0.2, 0) is 0 Å². The third-order valence-electron chi connectivity index (χ3n) is 1.99. The van der Waals surface area contributed by atoms with Gasteiger partial charge in [0.05, 0.1) is 0 Å². The fourth-order valence-corrected chi connectivity index (χ4v) is 0.999. The Hall–Kier alpha value is -0.560. The van der Waals surface area contributed by atoms with E-state index in [9.17, 15) is 0 Å². The van der Waals surface area contributed by atoms with Crippen LogP contribution >= 0.6 is 0 Å². The monoisotopic (exact) mass is 181 g/mol.